The number of nitrogens with one attached hydrogen (secondary N) is 1. The smallest absolute Gasteiger partial charge is 0.255 e. The molecule has 2 heterocycles. The molecule has 2 aliphatic rings. The van der Waals surface area contributed by atoms with Crippen molar-refractivity contribution < 1.29 is 31.3 Å². The topological polar surface area (TPSA) is 66.5 Å². The van der Waals surface area contributed by atoms with Crippen molar-refractivity contribution in [3.05, 3.63) is 29.3 Å². The van der Waals surface area contributed by atoms with Crippen molar-refractivity contribution in [3.8, 4) is 0 Å². The normalized spacial score (nSPS) is 17.9. The number of rotatable bonds is 14. The van der Waals surface area contributed by atoms with Crippen molar-refractivity contribution in [2.75, 3.05) is 31.9 Å². The van der Waals surface area contributed by atoms with E-state index in [1.165, 1.54) is 69.2 Å². The van der Waals surface area contributed by atoms with Gasteiger partial charge in [0.25, 0.3) is 5.91 Å². The summed E-state index contributed by atoms with van der Waals surface area (Å²) < 4.78 is 1.25. The van der Waals surface area contributed by atoms with Gasteiger partial charge in [-0.1, -0.05) is 25.3 Å². The quantitative estimate of drug-likeness (QED) is 0.175. The molecule has 3 amide bonds. The molecule has 0 bridgehead atoms. The number of thioether (sulfide) groups is 1. The minimum atomic E-state index is -0.550. The Morgan fingerprint density at radius 1 is 0.971 bits per heavy atom. The maximum absolute atomic E-state index is 12.9. The van der Waals surface area contributed by atoms with Gasteiger partial charge in [-0.3, -0.25) is 19.7 Å². The van der Waals surface area contributed by atoms with Crippen molar-refractivity contribution in [2.24, 2.45) is 0 Å². The molecule has 8 heteroatoms. The minimum Gasteiger partial charge on any atom is -1.00 e. The van der Waals surface area contributed by atoms with Crippen LogP contribution < -0.4 is 17.7 Å². The lowest BCUT2D eigenvalue weighted by atomic mass is 10.0. The van der Waals surface area contributed by atoms with Gasteiger partial charge < -0.3 is 21.8 Å². The van der Waals surface area contributed by atoms with E-state index in [9.17, 15) is 14.4 Å². The van der Waals surface area contributed by atoms with E-state index >= 15 is 0 Å². The third-order valence-electron chi connectivity index (χ3n) is 7.84. The van der Waals surface area contributed by atoms with Crippen molar-refractivity contribution in [2.45, 2.75) is 89.6 Å². The van der Waals surface area contributed by atoms with Crippen molar-refractivity contribution >= 4 is 29.5 Å². The van der Waals surface area contributed by atoms with Gasteiger partial charge in [-0.25, -0.2) is 0 Å². The lowest BCUT2D eigenvalue weighted by Gasteiger charge is -2.35. The average Bonchev–Trinajstić information content (AvgIpc) is 3.18. The van der Waals surface area contributed by atoms with E-state index in [1.807, 2.05) is 23.9 Å². The molecular formula is C27H42ClN3O3S. The molecular weight excluding hydrogens is 482 g/mol. The zero-order chi connectivity index (χ0) is 24.6. The summed E-state index contributed by atoms with van der Waals surface area (Å²) in [5.41, 5.74) is 1.74. The molecule has 6 nitrogen and oxygen atoms in total. The highest BCUT2D eigenvalue weighted by molar-refractivity contribution is 7.99. The molecule has 0 spiro atoms. The van der Waals surface area contributed by atoms with Crippen LogP contribution in [0.25, 0.3) is 0 Å². The number of imide groups is 1. The highest BCUT2D eigenvalue weighted by atomic mass is 35.5. The molecule has 1 saturated heterocycles. The highest BCUT2D eigenvalue weighted by Crippen LogP contribution is 2.34. The van der Waals surface area contributed by atoms with Gasteiger partial charge in [0.2, 0.25) is 11.8 Å². The van der Waals surface area contributed by atoms with Crippen LogP contribution in [0.3, 0.4) is 0 Å². The molecule has 0 radical (unpaired) electrons. The Morgan fingerprint density at radius 2 is 1.63 bits per heavy atom. The second-order valence-corrected chi connectivity index (χ2v) is 10.8. The first kappa shape index (κ1) is 29.7. The monoisotopic (exact) mass is 523 g/mol. The van der Waals surface area contributed by atoms with E-state index in [-0.39, 0.29) is 36.5 Å². The summed E-state index contributed by atoms with van der Waals surface area (Å²) in [6, 6.07) is 5.33. The SMILES string of the molecule is CC[N+](CC)(CC)CCCCCCCCSc1cccc2c1CN(C1CCC(=O)NC1=O)C2=O.[Cl-]. The van der Waals surface area contributed by atoms with E-state index < -0.39 is 6.04 Å². The molecule has 196 valence electrons. The number of carbonyl (C=O) groups excluding carboxylic acids is 3. The summed E-state index contributed by atoms with van der Waals surface area (Å²) >= 11 is 1.82. The van der Waals surface area contributed by atoms with Crippen LogP contribution in [0.4, 0.5) is 0 Å². The number of fused-ring (bicyclic) bond motifs is 1. The highest BCUT2D eigenvalue weighted by Gasteiger charge is 2.39. The molecule has 1 fully saturated rings. The Hall–Kier alpha value is -1.57. The van der Waals surface area contributed by atoms with Gasteiger partial charge in [-0.15, -0.1) is 11.8 Å². The van der Waals surface area contributed by atoms with Gasteiger partial charge in [0.1, 0.15) is 6.04 Å². The second-order valence-electron chi connectivity index (χ2n) is 9.67. The predicted octanol–water partition coefficient (Wildman–Crippen LogP) is 1.76. The van der Waals surface area contributed by atoms with E-state index in [2.05, 4.69) is 32.2 Å². The molecule has 0 saturated carbocycles. The standard InChI is InChI=1S/C27H41N3O3S.ClH/c1-4-30(5-2,6-3)18-11-9-7-8-10-12-19-34-24-15-13-14-21-22(24)20-29(27(21)33)23-16-17-25(31)28-26(23)32;/h13-15,23H,4-12,16-20H2,1-3H3;1H. The Bertz CT molecular complexity index is 867. The number of unbranched alkanes of at least 4 members (excludes halogenated alkanes) is 5. The Morgan fingerprint density at radius 3 is 2.29 bits per heavy atom. The van der Waals surface area contributed by atoms with Crippen LogP contribution in [-0.4, -0.2) is 65.1 Å². The number of piperidine rings is 1. The molecule has 35 heavy (non-hydrogen) atoms. The number of hydrogen-bond donors (Lipinski definition) is 1. The predicted molar refractivity (Wildman–Crippen MR) is 138 cm³/mol. The third kappa shape index (κ3) is 7.46. The number of carbonyl (C=O) groups is 3. The molecule has 1 aromatic carbocycles. The minimum absolute atomic E-state index is 0. The zero-order valence-corrected chi connectivity index (χ0v) is 23.2. The first-order chi connectivity index (χ1) is 16.4. The summed E-state index contributed by atoms with van der Waals surface area (Å²) in [4.78, 5) is 39.5. The van der Waals surface area contributed by atoms with E-state index in [0.29, 0.717) is 18.5 Å². The Balaban J connectivity index is 0.00000432. The lowest BCUT2D eigenvalue weighted by molar-refractivity contribution is -0.923. The lowest BCUT2D eigenvalue weighted by Crippen LogP contribution is -3.00. The first-order valence-electron chi connectivity index (χ1n) is 13.2. The first-order valence-corrected chi connectivity index (χ1v) is 14.2. The summed E-state index contributed by atoms with van der Waals surface area (Å²) in [5.74, 6) is 0.348. The number of nitrogens with zero attached hydrogens (tertiary/aromatic N) is 2. The van der Waals surface area contributed by atoms with Gasteiger partial charge in [0.05, 0.1) is 26.2 Å². The fraction of sp³-hybridized carbons (Fsp3) is 0.667. The van der Waals surface area contributed by atoms with Crippen LogP contribution in [0.15, 0.2) is 23.1 Å². The summed E-state index contributed by atoms with van der Waals surface area (Å²) in [7, 11) is 0. The number of hydrogen-bond acceptors (Lipinski definition) is 4. The van der Waals surface area contributed by atoms with Crippen LogP contribution in [0.2, 0.25) is 0 Å². The summed E-state index contributed by atoms with van der Waals surface area (Å²) in [6.45, 7) is 12.4. The van der Waals surface area contributed by atoms with Crippen LogP contribution in [0.1, 0.15) is 88.1 Å². The third-order valence-corrected chi connectivity index (χ3v) is 9.02. The summed E-state index contributed by atoms with van der Waals surface area (Å²) in [5, 5.41) is 2.37. The number of quaternary nitrogens is 1. The molecule has 1 aromatic rings. The van der Waals surface area contributed by atoms with Gasteiger partial charge >= 0.3 is 0 Å². The molecule has 1 unspecified atom stereocenters. The molecule has 0 aromatic heterocycles. The number of benzene rings is 1. The van der Waals surface area contributed by atoms with Crippen molar-refractivity contribution in [1.29, 1.82) is 0 Å². The van der Waals surface area contributed by atoms with E-state index in [0.717, 1.165) is 16.2 Å². The maximum Gasteiger partial charge on any atom is 0.255 e. The molecule has 0 aliphatic carbocycles. The fourth-order valence-electron chi connectivity index (χ4n) is 5.28. The second kappa shape index (κ2) is 14.2. The van der Waals surface area contributed by atoms with Crippen molar-refractivity contribution in [3.63, 3.8) is 0 Å². The average molecular weight is 524 g/mol. The van der Waals surface area contributed by atoms with Gasteiger partial charge in [0.15, 0.2) is 0 Å². The maximum atomic E-state index is 12.9. The van der Waals surface area contributed by atoms with Crippen LogP contribution in [-0.2, 0) is 16.1 Å². The fourth-order valence-corrected chi connectivity index (χ4v) is 6.37. The van der Waals surface area contributed by atoms with Gasteiger partial charge in [-0.2, -0.15) is 0 Å². The van der Waals surface area contributed by atoms with Crippen LogP contribution in [0, 0.1) is 0 Å². The Kier molecular flexibility index (Phi) is 12.1. The summed E-state index contributed by atoms with van der Waals surface area (Å²) in [6.07, 6.45) is 8.39. The van der Waals surface area contributed by atoms with Gasteiger partial charge in [-0.05, 0) is 69.9 Å². The Labute approximate surface area is 221 Å². The molecule has 2 aliphatic heterocycles. The number of amides is 3. The van der Waals surface area contributed by atoms with E-state index in [1.54, 1.807) is 4.90 Å². The zero-order valence-electron chi connectivity index (χ0n) is 21.6. The van der Waals surface area contributed by atoms with Gasteiger partial charge in [0, 0.05) is 23.4 Å². The molecule has 1 atom stereocenters. The van der Waals surface area contributed by atoms with Crippen LogP contribution >= 0.6 is 11.8 Å². The number of halogens is 1. The molecule has 3 rings (SSSR count). The van der Waals surface area contributed by atoms with E-state index in [4.69, 9.17) is 0 Å². The molecule has 1 N–H and O–H groups in total. The largest absolute Gasteiger partial charge is 1.00 e. The van der Waals surface area contributed by atoms with Crippen LogP contribution in [0.5, 0.6) is 0 Å². The van der Waals surface area contributed by atoms with Crippen molar-refractivity contribution in [1.82, 2.24) is 10.2 Å².